The number of fused-ring (bicyclic) bond motifs is 1. The number of pyridine rings is 2. The second-order valence-corrected chi connectivity index (χ2v) is 9.02. The number of methoxy groups -OCH3 is 1. The lowest BCUT2D eigenvalue weighted by Gasteiger charge is -2.35. The number of carbonyl (C=O) groups excluding carboxylic acids is 1. The molecule has 0 amide bonds. The van der Waals surface area contributed by atoms with Gasteiger partial charge in [0.15, 0.2) is 0 Å². The molecule has 1 aliphatic rings. The fraction of sp³-hybridized carbons (Fsp3) is 0.333. The number of aryl methyl sites for hydroxylation is 1. The van der Waals surface area contributed by atoms with Gasteiger partial charge >= 0.3 is 5.97 Å². The molecular formula is C27H31N7O2. The number of hydrogen-bond acceptors (Lipinski definition) is 8. The molecule has 0 aliphatic carbocycles. The quantitative estimate of drug-likeness (QED) is 0.327. The van der Waals surface area contributed by atoms with Crippen LogP contribution in [0, 0.1) is 6.92 Å². The molecule has 1 fully saturated rings. The molecule has 0 spiro atoms. The number of carbonyl (C=O) groups is 1. The van der Waals surface area contributed by atoms with Crippen molar-refractivity contribution in [3.05, 3.63) is 60.7 Å². The van der Waals surface area contributed by atoms with Crippen LogP contribution in [0.4, 0.5) is 5.69 Å². The number of aromatic amines is 1. The van der Waals surface area contributed by atoms with E-state index in [9.17, 15) is 4.79 Å². The maximum absolute atomic E-state index is 11.8. The van der Waals surface area contributed by atoms with Crippen LogP contribution < -0.4 is 10.6 Å². The second-order valence-electron chi connectivity index (χ2n) is 9.02. The van der Waals surface area contributed by atoms with E-state index in [-0.39, 0.29) is 12.0 Å². The van der Waals surface area contributed by atoms with Crippen LogP contribution in [0.3, 0.4) is 0 Å². The number of anilines is 1. The SMILES string of the molecule is COC(=O)CC1CNCCN1CCNc1cnc2ccc(-c3nc[nH]c3-c3cccc(C)n3)cc2c1. The van der Waals surface area contributed by atoms with Crippen molar-refractivity contribution < 1.29 is 9.53 Å². The minimum atomic E-state index is -0.172. The van der Waals surface area contributed by atoms with E-state index in [0.29, 0.717) is 6.42 Å². The number of benzene rings is 1. The third kappa shape index (κ3) is 5.37. The Balaban J connectivity index is 1.30. The molecule has 5 rings (SSSR count). The Hall–Kier alpha value is -3.82. The first-order valence-corrected chi connectivity index (χ1v) is 12.2. The average Bonchev–Trinajstić information content (AvgIpc) is 3.39. The smallest absolute Gasteiger partial charge is 0.307 e. The summed E-state index contributed by atoms with van der Waals surface area (Å²) in [7, 11) is 1.44. The van der Waals surface area contributed by atoms with Crippen molar-refractivity contribution in [2.24, 2.45) is 0 Å². The molecule has 3 N–H and O–H groups in total. The van der Waals surface area contributed by atoms with Gasteiger partial charge in [0.05, 0.1) is 54.3 Å². The molecule has 9 nitrogen and oxygen atoms in total. The maximum Gasteiger partial charge on any atom is 0.307 e. The van der Waals surface area contributed by atoms with E-state index < -0.39 is 0 Å². The molecule has 1 unspecified atom stereocenters. The number of aromatic nitrogens is 4. The predicted octanol–water partition coefficient (Wildman–Crippen LogP) is 3.24. The van der Waals surface area contributed by atoms with Crippen molar-refractivity contribution in [3.8, 4) is 22.6 Å². The summed E-state index contributed by atoms with van der Waals surface area (Å²) in [6.45, 7) is 6.20. The van der Waals surface area contributed by atoms with Crippen LogP contribution in [-0.2, 0) is 9.53 Å². The third-order valence-corrected chi connectivity index (χ3v) is 6.57. The molecular weight excluding hydrogens is 454 g/mol. The lowest BCUT2D eigenvalue weighted by atomic mass is 10.0. The lowest BCUT2D eigenvalue weighted by molar-refractivity contribution is -0.142. The first kappa shape index (κ1) is 23.9. The van der Waals surface area contributed by atoms with Crippen LogP contribution in [-0.4, -0.2) is 76.7 Å². The van der Waals surface area contributed by atoms with Crippen molar-refractivity contribution >= 4 is 22.6 Å². The molecule has 0 bridgehead atoms. The summed E-state index contributed by atoms with van der Waals surface area (Å²) in [6.07, 6.45) is 3.97. The highest BCUT2D eigenvalue weighted by Gasteiger charge is 2.24. The van der Waals surface area contributed by atoms with Crippen LogP contribution in [0.2, 0.25) is 0 Å². The third-order valence-electron chi connectivity index (χ3n) is 6.57. The van der Waals surface area contributed by atoms with Crippen LogP contribution in [0.1, 0.15) is 12.1 Å². The monoisotopic (exact) mass is 485 g/mol. The minimum Gasteiger partial charge on any atom is -0.469 e. The molecule has 4 heterocycles. The maximum atomic E-state index is 11.8. The first-order valence-electron chi connectivity index (χ1n) is 12.2. The Bertz CT molecular complexity index is 1350. The summed E-state index contributed by atoms with van der Waals surface area (Å²) in [5.74, 6) is -0.172. The van der Waals surface area contributed by atoms with Gasteiger partial charge in [-0.2, -0.15) is 0 Å². The van der Waals surface area contributed by atoms with E-state index in [1.165, 1.54) is 7.11 Å². The molecule has 0 radical (unpaired) electrons. The summed E-state index contributed by atoms with van der Waals surface area (Å²) in [4.78, 5) is 31.2. The minimum absolute atomic E-state index is 0.149. The number of ether oxygens (including phenoxy) is 1. The first-order chi connectivity index (χ1) is 17.6. The Morgan fingerprint density at radius 2 is 2.14 bits per heavy atom. The number of piperazine rings is 1. The van der Waals surface area contributed by atoms with Crippen molar-refractivity contribution in [1.29, 1.82) is 0 Å². The topological polar surface area (TPSA) is 108 Å². The zero-order valence-corrected chi connectivity index (χ0v) is 20.6. The van der Waals surface area contributed by atoms with E-state index in [1.54, 1.807) is 6.33 Å². The molecule has 1 aliphatic heterocycles. The molecule has 1 atom stereocenters. The zero-order chi connectivity index (χ0) is 24.9. The summed E-state index contributed by atoms with van der Waals surface area (Å²) >= 11 is 0. The van der Waals surface area contributed by atoms with Gasteiger partial charge in [0.2, 0.25) is 0 Å². The molecule has 36 heavy (non-hydrogen) atoms. The van der Waals surface area contributed by atoms with E-state index in [0.717, 1.165) is 77.7 Å². The van der Waals surface area contributed by atoms with Crippen molar-refractivity contribution in [3.63, 3.8) is 0 Å². The Kier molecular flexibility index (Phi) is 7.20. The summed E-state index contributed by atoms with van der Waals surface area (Å²) in [6, 6.07) is 14.4. The van der Waals surface area contributed by atoms with E-state index >= 15 is 0 Å². The Morgan fingerprint density at radius 3 is 3.00 bits per heavy atom. The highest BCUT2D eigenvalue weighted by Crippen LogP contribution is 2.30. The normalized spacial score (nSPS) is 16.2. The number of nitrogens with one attached hydrogen (secondary N) is 3. The number of rotatable bonds is 8. The Morgan fingerprint density at radius 1 is 1.22 bits per heavy atom. The van der Waals surface area contributed by atoms with Crippen molar-refractivity contribution in [2.75, 3.05) is 45.2 Å². The van der Waals surface area contributed by atoms with Gasteiger partial charge in [-0.1, -0.05) is 12.1 Å². The van der Waals surface area contributed by atoms with Crippen LogP contribution >= 0.6 is 0 Å². The molecule has 9 heteroatoms. The molecule has 186 valence electrons. The highest BCUT2D eigenvalue weighted by atomic mass is 16.5. The van der Waals surface area contributed by atoms with Crippen LogP contribution in [0.15, 0.2) is 55.0 Å². The second kappa shape index (κ2) is 10.8. The van der Waals surface area contributed by atoms with E-state index in [1.807, 2.05) is 43.5 Å². The average molecular weight is 486 g/mol. The van der Waals surface area contributed by atoms with E-state index in [4.69, 9.17) is 4.74 Å². The van der Waals surface area contributed by atoms with Gasteiger partial charge in [0.1, 0.15) is 0 Å². The highest BCUT2D eigenvalue weighted by molar-refractivity contribution is 5.88. The molecule has 0 saturated carbocycles. The Labute approximate surface area is 210 Å². The fourth-order valence-electron chi connectivity index (χ4n) is 4.68. The number of esters is 1. The zero-order valence-electron chi connectivity index (χ0n) is 20.6. The number of imidazole rings is 1. The van der Waals surface area contributed by atoms with Crippen molar-refractivity contribution in [1.82, 2.24) is 30.2 Å². The van der Waals surface area contributed by atoms with Gasteiger partial charge < -0.3 is 20.4 Å². The lowest BCUT2D eigenvalue weighted by Crippen LogP contribution is -2.53. The molecule has 4 aromatic rings. The number of H-pyrrole nitrogens is 1. The summed E-state index contributed by atoms with van der Waals surface area (Å²) in [5, 5.41) is 7.90. The number of hydrogen-bond donors (Lipinski definition) is 3. The molecule has 1 saturated heterocycles. The largest absolute Gasteiger partial charge is 0.469 e. The van der Waals surface area contributed by atoms with Crippen LogP contribution in [0.5, 0.6) is 0 Å². The predicted molar refractivity (Wildman–Crippen MR) is 141 cm³/mol. The molecule has 1 aromatic carbocycles. The molecule has 3 aromatic heterocycles. The number of nitrogens with zero attached hydrogens (tertiary/aromatic N) is 4. The van der Waals surface area contributed by atoms with Gasteiger partial charge in [0, 0.05) is 55.4 Å². The van der Waals surface area contributed by atoms with E-state index in [2.05, 4.69) is 47.6 Å². The van der Waals surface area contributed by atoms with Crippen LogP contribution in [0.25, 0.3) is 33.5 Å². The standard InChI is InChI=1S/C27H31N7O2/c1-18-4-3-5-24(33-18)27-26(31-17-32-27)19-6-7-23-20(12-19)13-21(15-30-23)29-9-11-34-10-8-28-16-22(34)14-25(35)36-2/h3-7,12-13,15,17,22,28-29H,8-11,14,16H2,1-2H3,(H,31,32). The summed E-state index contributed by atoms with van der Waals surface area (Å²) < 4.78 is 4.86. The van der Waals surface area contributed by atoms with Gasteiger partial charge in [-0.25, -0.2) is 4.98 Å². The fourth-order valence-corrected chi connectivity index (χ4v) is 4.68. The van der Waals surface area contributed by atoms with Gasteiger partial charge in [0.25, 0.3) is 0 Å². The van der Waals surface area contributed by atoms with Gasteiger partial charge in [-0.3, -0.25) is 19.7 Å². The van der Waals surface area contributed by atoms with Gasteiger partial charge in [-0.05, 0) is 37.3 Å². The van der Waals surface area contributed by atoms with Crippen molar-refractivity contribution in [2.45, 2.75) is 19.4 Å². The van der Waals surface area contributed by atoms with Gasteiger partial charge in [-0.15, -0.1) is 0 Å². The summed E-state index contributed by atoms with van der Waals surface area (Å²) in [5.41, 5.74) is 6.49.